The maximum absolute atomic E-state index is 7.56. The van der Waals surface area contributed by atoms with E-state index in [2.05, 4.69) is 140 Å². The minimum absolute atomic E-state index is 0.640. The molecule has 0 saturated heterocycles. The largest absolute Gasteiger partial charge is 0.309 e. The SMILES string of the molecule is [C-]#[N+]c1ccc(-c2cccc(-n3c4ccccc4c4ccc(-c5cccc(-n6c7ccccc7c7cc([N+]#[C-])ccc76)c5)cc43)c2)cc1. The van der Waals surface area contributed by atoms with Gasteiger partial charge >= 0.3 is 0 Å². The Morgan fingerprint density at radius 2 is 0.833 bits per heavy atom. The van der Waals surface area contributed by atoms with Crippen molar-refractivity contribution in [1.29, 1.82) is 0 Å². The third kappa shape index (κ3) is 4.29. The molecule has 4 nitrogen and oxygen atoms in total. The van der Waals surface area contributed by atoms with Crippen molar-refractivity contribution < 1.29 is 0 Å². The zero-order valence-corrected chi connectivity index (χ0v) is 25.8. The van der Waals surface area contributed by atoms with E-state index in [1.54, 1.807) is 0 Å². The molecule has 0 spiro atoms. The van der Waals surface area contributed by atoms with Gasteiger partial charge in [0.15, 0.2) is 11.4 Å². The molecule has 222 valence electrons. The standard InChI is InChI=1S/C44H26N4/c1-45-33-20-17-29(18-21-33)30-9-7-12-36(25-30)48-41-15-5-3-13-37(41)39-23-19-32(27-44(39)48)31-10-8-11-35(26-31)47-42-16-6-4-14-38(42)40-28-34(46-2)22-24-43(40)47/h3-28H. The molecule has 0 amide bonds. The van der Waals surface area contributed by atoms with Gasteiger partial charge in [-0.25, -0.2) is 9.69 Å². The summed E-state index contributed by atoms with van der Waals surface area (Å²) in [6, 6.07) is 54.9. The van der Waals surface area contributed by atoms with E-state index in [-0.39, 0.29) is 0 Å². The number of hydrogen-bond acceptors (Lipinski definition) is 0. The van der Waals surface area contributed by atoms with E-state index in [1.165, 1.54) is 10.8 Å². The fraction of sp³-hybridized carbons (Fsp3) is 0. The number of rotatable bonds is 4. The van der Waals surface area contributed by atoms with Crippen molar-refractivity contribution in [2.24, 2.45) is 0 Å². The maximum atomic E-state index is 7.56. The first-order valence-corrected chi connectivity index (χ1v) is 15.8. The number of hydrogen-bond donors (Lipinski definition) is 0. The minimum Gasteiger partial charge on any atom is -0.309 e. The lowest BCUT2D eigenvalue weighted by atomic mass is 10.0. The van der Waals surface area contributed by atoms with Gasteiger partial charge in [-0.3, -0.25) is 0 Å². The van der Waals surface area contributed by atoms with Gasteiger partial charge in [0, 0.05) is 27.5 Å². The highest BCUT2D eigenvalue weighted by Gasteiger charge is 2.16. The van der Waals surface area contributed by atoms with Crippen LogP contribution >= 0.6 is 0 Å². The van der Waals surface area contributed by atoms with Crippen molar-refractivity contribution in [1.82, 2.24) is 9.13 Å². The van der Waals surface area contributed by atoms with Gasteiger partial charge in [0.1, 0.15) is 0 Å². The third-order valence-corrected chi connectivity index (χ3v) is 9.33. The fourth-order valence-electron chi connectivity index (χ4n) is 7.11. The number of benzene rings is 7. The topological polar surface area (TPSA) is 18.6 Å². The molecule has 0 unspecified atom stereocenters. The first-order chi connectivity index (χ1) is 23.7. The van der Waals surface area contributed by atoms with Crippen LogP contribution in [0.25, 0.3) is 86.9 Å². The molecule has 0 saturated carbocycles. The Balaban J connectivity index is 1.21. The van der Waals surface area contributed by atoms with E-state index in [0.717, 1.165) is 66.5 Å². The molecule has 0 bridgehead atoms. The number of nitrogens with zero attached hydrogens (tertiary/aromatic N) is 4. The molecule has 48 heavy (non-hydrogen) atoms. The molecule has 0 fully saturated rings. The van der Waals surface area contributed by atoms with Crippen LogP contribution in [0.3, 0.4) is 0 Å². The summed E-state index contributed by atoms with van der Waals surface area (Å²) in [5.41, 5.74) is 12.4. The Hall–Kier alpha value is -6.88. The van der Waals surface area contributed by atoms with Crippen LogP contribution in [0.5, 0.6) is 0 Å². The van der Waals surface area contributed by atoms with Crippen molar-refractivity contribution in [2.45, 2.75) is 0 Å². The molecule has 4 heteroatoms. The van der Waals surface area contributed by atoms with Crippen LogP contribution in [0, 0.1) is 13.1 Å². The van der Waals surface area contributed by atoms with Gasteiger partial charge < -0.3 is 9.13 Å². The van der Waals surface area contributed by atoms with Crippen LogP contribution in [0.4, 0.5) is 11.4 Å². The molecule has 9 aromatic rings. The Bertz CT molecular complexity index is 2800. The molecular weight excluding hydrogens is 585 g/mol. The summed E-state index contributed by atoms with van der Waals surface area (Å²) < 4.78 is 4.66. The van der Waals surface area contributed by atoms with Crippen molar-refractivity contribution >= 4 is 55.0 Å². The Kier molecular flexibility index (Phi) is 6.22. The Labute approximate surface area is 277 Å². The molecule has 0 N–H and O–H groups in total. The highest BCUT2D eigenvalue weighted by Crippen LogP contribution is 2.38. The quantitative estimate of drug-likeness (QED) is 0.177. The fourth-order valence-corrected chi connectivity index (χ4v) is 7.11. The van der Waals surface area contributed by atoms with E-state index in [0.29, 0.717) is 11.4 Å². The summed E-state index contributed by atoms with van der Waals surface area (Å²) in [6.07, 6.45) is 0. The van der Waals surface area contributed by atoms with E-state index >= 15 is 0 Å². The van der Waals surface area contributed by atoms with Crippen LogP contribution in [0.15, 0.2) is 158 Å². The molecule has 0 aliphatic rings. The third-order valence-electron chi connectivity index (χ3n) is 9.33. The average molecular weight is 611 g/mol. The summed E-state index contributed by atoms with van der Waals surface area (Å²) >= 11 is 0. The molecule has 0 aliphatic heterocycles. The molecule has 2 heterocycles. The monoisotopic (exact) mass is 610 g/mol. The van der Waals surface area contributed by atoms with Crippen LogP contribution in [0.2, 0.25) is 0 Å². The van der Waals surface area contributed by atoms with Crippen molar-refractivity contribution in [3.05, 3.63) is 181 Å². The molecule has 7 aromatic carbocycles. The molecule has 0 aliphatic carbocycles. The molecule has 9 rings (SSSR count). The van der Waals surface area contributed by atoms with Crippen LogP contribution < -0.4 is 0 Å². The minimum atomic E-state index is 0.640. The van der Waals surface area contributed by atoms with Gasteiger partial charge in [0.05, 0.1) is 35.2 Å². The number of fused-ring (bicyclic) bond motifs is 6. The van der Waals surface area contributed by atoms with Gasteiger partial charge in [0.25, 0.3) is 0 Å². The van der Waals surface area contributed by atoms with Crippen molar-refractivity contribution in [3.63, 3.8) is 0 Å². The average Bonchev–Trinajstić information content (AvgIpc) is 3.67. The number of para-hydroxylation sites is 2. The van der Waals surface area contributed by atoms with Gasteiger partial charge in [-0.05, 0) is 82.2 Å². The second kappa shape index (κ2) is 10.9. The van der Waals surface area contributed by atoms with E-state index < -0.39 is 0 Å². The number of aromatic nitrogens is 2. The van der Waals surface area contributed by atoms with Gasteiger partial charge in [-0.2, -0.15) is 0 Å². The van der Waals surface area contributed by atoms with E-state index in [4.69, 9.17) is 13.1 Å². The van der Waals surface area contributed by atoms with Crippen LogP contribution in [-0.4, -0.2) is 9.13 Å². The maximum Gasteiger partial charge on any atom is 0.188 e. The van der Waals surface area contributed by atoms with Crippen molar-refractivity contribution in [3.8, 4) is 33.6 Å². The zero-order chi connectivity index (χ0) is 32.2. The second-order valence-electron chi connectivity index (χ2n) is 12.0. The zero-order valence-electron chi connectivity index (χ0n) is 25.8. The normalized spacial score (nSPS) is 11.3. The van der Waals surface area contributed by atoms with Gasteiger partial charge in [0.2, 0.25) is 0 Å². The Morgan fingerprint density at radius 1 is 0.333 bits per heavy atom. The van der Waals surface area contributed by atoms with Gasteiger partial charge in [-0.15, -0.1) is 0 Å². The summed E-state index contributed by atoms with van der Waals surface area (Å²) in [5, 5.41) is 4.64. The van der Waals surface area contributed by atoms with E-state index in [1.807, 2.05) is 36.4 Å². The highest BCUT2D eigenvalue weighted by molar-refractivity contribution is 6.11. The van der Waals surface area contributed by atoms with Crippen LogP contribution in [0.1, 0.15) is 0 Å². The molecule has 2 aromatic heterocycles. The predicted octanol–water partition coefficient (Wildman–Crippen LogP) is 12.3. The predicted molar refractivity (Wildman–Crippen MR) is 199 cm³/mol. The lowest BCUT2D eigenvalue weighted by Crippen LogP contribution is -1.95. The lowest BCUT2D eigenvalue weighted by Gasteiger charge is -2.12. The van der Waals surface area contributed by atoms with E-state index in [9.17, 15) is 0 Å². The Morgan fingerprint density at radius 3 is 1.50 bits per heavy atom. The molecule has 0 radical (unpaired) electrons. The smallest absolute Gasteiger partial charge is 0.188 e. The molecular formula is C44H26N4. The van der Waals surface area contributed by atoms with Crippen LogP contribution in [-0.2, 0) is 0 Å². The molecule has 0 atom stereocenters. The summed E-state index contributed by atoms with van der Waals surface area (Å²) in [5.74, 6) is 0. The van der Waals surface area contributed by atoms with Crippen molar-refractivity contribution in [2.75, 3.05) is 0 Å². The summed E-state index contributed by atoms with van der Waals surface area (Å²) in [7, 11) is 0. The second-order valence-corrected chi connectivity index (χ2v) is 12.0. The summed E-state index contributed by atoms with van der Waals surface area (Å²) in [6.45, 7) is 14.9. The first-order valence-electron chi connectivity index (χ1n) is 15.8. The summed E-state index contributed by atoms with van der Waals surface area (Å²) in [4.78, 5) is 7.24. The lowest BCUT2D eigenvalue weighted by molar-refractivity contribution is 1.18. The first kappa shape index (κ1) is 27.4. The van der Waals surface area contributed by atoms with Gasteiger partial charge in [-0.1, -0.05) is 103 Å². The highest BCUT2D eigenvalue weighted by atomic mass is 15.0.